The molecule has 7 heteroatoms. The summed E-state index contributed by atoms with van der Waals surface area (Å²) in [4.78, 5) is 17.8. The minimum absolute atomic E-state index is 0.240. The number of carbonyl (C=O) groups is 1. The van der Waals surface area contributed by atoms with Crippen molar-refractivity contribution in [2.45, 2.75) is 0 Å². The normalized spacial score (nSPS) is 11.0. The number of nitrogens with one attached hydrogen (secondary N) is 1. The lowest BCUT2D eigenvalue weighted by molar-refractivity contribution is -0.120. The van der Waals surface area contributed by atoms with Crippen LogP contribution in [0.15, 0.2) is 77.3 Å². The van der Waals surface area contributed by atoms with Gasteiger partial charge in [0.05, 0.1) is 4.88 Å². The lowest BCUT2D eigenvalue weighted by Crippen LogP contribution is -2.19. The predicted molar refractivity (Wildman–Crippen MR) is 103 cm³/mol. The summed E-state index contributed by atoms with van der Waals surface area (Å²) in [5.41, 5.74) is 6.36. The molecule has 3 aromatic rings. The molecule has 0 aliphatic rings. The molecule has 3 N–H and O–H groups in total. The van der Waals surface area contributed by atoms with Gasteiger partial charge in [-0.05, 0) is 35.7 Å². The molecule has 2 aromatic carbocycles. The number of nitrogens with two attached hydrogens (primary N) is 1. The molecule has 0 saturated carbocycles. The van der Waals surface area contributed by atoms with Crippen LogP contribution in [0.25, 0.3) is 0 Å². The summed E-state index contributed by atoms with van der Waals surface area (Å²) in [7, 11) is 0. The lowest BCUT2D eigenvalue weighted by Gasteiger charge is -2.08. The van der Waals surface area contributed by atoms with Gasteiger partial charge in [0.2, 0.25) is 0 Å². The molecular formula is C19H17N3O3S. The smallest absolute Gasteiger partial charge is 0.265 e. The number of rotatable bonds is 7. The lowest BCUT2D eigenvalue weighted by atomic mass is 10.3. The number of hydrogen-bond donors (Lipinski definition) is 2. The van der Waals surface area contributed by atoms with E-state index in [9.17, 15) is 4.79 Å². The van der Waals surface area contributed by atoms with Crippen LogP contribution in [0, 0.1) is 0 Å². The molecular weight excluding hydrogens is 350 g/mol. The Bertz CT molecular complexity index is 880. The molecule has 1 amide bonds. The van der Waals surface area contributed by atoms with Gasteiger partial charge in [-0.3, -0.25) is 4.79 Å². The fourth-order valence-electron chi connectivity index (χ4n) is 2.09. The van der Waals surface area contributed by atoms with Gasteiger partial charge in [0.15, 0.2) is 12.4 Å². The fourth-order valence-corrected chi connectivity index (χ4v) is 2.71. The monoisotopic (exact) mass is 367 g/mol. The first-order valence-electron chi connectivity index (χ1n) is 7.83. The number of amidine groups is 1. The summed E-state index contributed by atoms with van der Waals surface area (Å²) < 4.78 is 5.73. The number of nitrogens with zero attached hydrogens (tertiary/aromatic N) is 1. The summed E-state index contributed by atoms with van der Waals surface area (Å²) >= 11 is 1.44. The van der Waals surface area contributed by atoms with E-state index in [4.69, 9.17) is 15.3 Å². The Kier molecular flexibility index (Phi) is 5.84. The van der Waals surface area contributed by atoms with Gasteiger partial charge in [-0.2, -0.15) is 0 Å². The zero-order chi connectivity index (χ0) is 18.2. The highest BCUT2D eigenvalue weighted by atomic mass is 32.1. The van der Waals surface area contributed by atoms with E-state index >= 15 is 0 Å². The van der Waals surface area contributed by atoms with Crippen molar-refractivity contribution in [1.29, 1.82) is 0 Å². The third kappa shape index (κ3) is 5.09. The predicted octanol–water partition coefficient (Wildman–Crippen LogP) is 3.82. The molecule has 0 aliphatic carbocycles. The SMILES string of the molecule is NC(=NOCC(=O)Nc1cccc(Oc2ccccc2)c1)c1cccs1. The number of anilines is 1. The van der Waals surface area contributed by atoms with Gasteiger partial charge in [-0.25, -0.2) is 0 Å². The van der Waals surface area contributed by atoms with Crippen molar-refractivity contribution >= 4 is 28.8 Å². The molecule has 6 nitrogen and oxygen atoms in total. The maximum Gasteiger partial charge on any atom is 0.265 e. The number of amides is 1. The van der Waals surface area contributed by atoms with Crippen LogP contribution in [-0.2, 0) is 9.63 Å². The van der Waals surface area contributed by atoms with E-state index < -0.39 is 0 Å². The van der Waals surface area contributed by atoms with Gasteiger partial charge >= 0.3 is 0 Å². The molecule has 0 unspecified atom stereocenters. The standard InChI is InChI=1S/C19H17N3O3S/c20-19(17-10-5-11-26-17)22-24-13-18(23)21-14-6-4-9-16(12-14)25-15-7-2-1-3-8-15/h1-12H,13H2,(H2,20,22)(H,21,23). The average molecular weight is 367 g/mol. The molecule has 0 aliphatic heterocycles. The Hall–Kier alpha value is -3.32. The molecule has 1 heterocycles. The summed E-state index contributed by atoms with van der Waals surface area (Å²) in [6.07, 6.45) is 0. The summed E-state index contributed by atoms with van der Waals surface area (Å²) in [6.45, 7) is -0.240. The Morgan fingerprint density at radius 3 is 2.62 bits per heavy atom. The van der Waals surface area contributed by atoms with Gasteiger partial charge in [-0.15, -0.1) is 11.3 Å². The van der Waals surface area contributed by atoms with E-state index in [2.05, 4.69) is 10.5 Å². The number of carbonyl (C=O) groups excluding carboxylic acids is 1. The van der Waals surface area contributed by atoms with E-state index in [1.807, 2.05) is 53.9 Å². The van der Waals surface area contributed by atoms with Crippen molar-refractivity contribution in [3.05, 3.63) is 77.0 Å². The van der Waals surface area contributed by atoms with Crippen LogP contribution in [0.1, 0.15) is 4.88 Å². The average Bonchev–Trinajstić information content (AvgIpc) is 3.17. The molecule has 0 spiro atoms. The molecule has 3 rings (SSSR count). The van der Waals surface area contributed by atoms with Crippen molar-refractivity contribution < 1.29 is 14.4 Å². The summed E-state index contributed by atoms with van der Waals surface area (Å²) in [6, 6.07) is 20.2. The topological polar surface area (TPSA) is 85.9 Å². The van der Waals surface area contributed by atoms with Crippen LogP contribution < -0.4 is 15.8 Å². The Balaban J connectivity index is 1.53. The van der Waals surface area contributed by atoms with Crippen molar-refractivity contribution in [3.63, 3.8) is 0 Å². The van der Waals surface area contributed by atoms with E-state index in [-0.39, 0.29) is 18.3 Å². The third-order valence-corrected chi connectivity index (χ3v) is 4.12. The Morgan fingerprint density at radius 2 is 1.85 bits per heavy atom. The zero-order valence-electron chi connectivity index (χ0n) is 13.8. The quantitative estimate of drug-likeness (QED) is 0.378. The summed E-state index contributed by atoms with van der Waals surface area (Å²) in [5, 5.41) is 8.35. The first-order valence-corrected chi connectivity index (χ1v) is 8.71. The second kappa shape index (κ2) is 8.68. The molecule has 0 saturated heterocycles. The van der Waals surface area contributed by atoms with Crippen LogP contribution in [0.5, 0.6) is 11.5 Å². The Labute approximate surface area is 154 Å². The van der Waals surface area contributed by atoms with E-state index in [0.717, 1.165) is 10.6 Å². The minimum Gasteiger partial charge on any atom is -0.457 e. The zero-order valence-corrected chi connectivity index (χ0v) is 14.6. The molecule has 0 radical (unpaired) electrons. The van der Waals surface area contributed by atoms with Gasteiger partial charge in [0, 0.05) is 11.8 Å². The van der Waals surface area contributed by atoms with Gasteiger partial charge in [0.1, 0.15) is 11.5 Å². The number of benzene rings is 2. The highest BCUT2D eigenvalue weighted by molar-refractivity contribution is 7.12. The molecule has 1 aromatic heterocycles. The Morgan fingerprint density at radius 1 is 1.04 bits per heavy atom. The number of oxime groups is 1. The first-order chi connectivity index (χ1) is 12.7. The fraction of sp³-hybridized carbons (Fsp3) is 0.0526. The molecule has 0 fully saturated rings. The van der Waals surface area contributed by atoms with Gasteiger partial charge < -0.3 is 20.6 Å². The number of hydrogen-bond acceptors (Lipinski definition) is 5. The van der Waals surface area contributed by atoms with Crippen LogP contribution in [0.3, 0.4) is 0 Å². The highest BCUT2D eigenvalue weighted by Gasteiger charge is 2.06. The maximum absolute atomic E-state index is 12.0. The second-order valence-electron chi connectivity index (χ2n) is 5.22. The first kappa shape index (κ1) is 17.5. The van der Waals surface area contributed by atoms with Crippen molar-refractivity contribution in [2.24, 2.45) is 10.9 Å². The number of thiophene rings is 1. The van der Waals surface area contributed by atoms with Crippen molar-refractivity contribution in [3.8, 4) is 11.5 Å². The van der Waals surface area contributed by atoms with E-state index in [1.165, 1.54) is 11.3 Å². The maximum atomic E-state index is 12.0. The molecule has 26 heavy (non-hydrogen) atoms. The minimum atomic E-state index is -0.343. The largest absolute Gasteiger partial charge is 0.457 e. The summed E-state index contributed by atoms with van der Waals surface area (Å²) in [5.74, 6) is 1.24. The number of para-hydroxylation sites is 1. The number of ether oxygens (including phenoxy) is 1. The highest BCUT2D eigenvalue weighted by Crippen LogP contribution is 2.23. The van der Waals surface area contributed by atoms with Crippen LogP contribution in [-0.4, -0.2) is 18.3 Å². The van der Waals surface area contributed by atoms with Crippen LogP contribution in [0.4, 0.5) is 5.69 Å². The third-order valence-electron chi connectivity index (χ3n) is 3.23. The van der Waals surface area contributed by atoms with Gasteiger partial charge in [0.25, 0.3) is 5.91 Å². The van der Waals surface area contributed by atoms with Crippen LogP contribution >= 0.6 is 11.3 Å². The molecule has 0 bridgehead atoms. The molecule has 132 valence electrons. The van der Waals surface area contributed by atoms with E-state index in [0.29, 0.717) is 11.4 Å². The van der Waals surface area contributed by atoms with Crippen molar-refractivity contribution in [2.75, 3.05) is 11.9 Å². The van der Waals surface area contributed by atoms with E-state index in [1.54, 1.807) is 18.2 Å². The van der Waals surface area contributed by atoms with Crippen molar-refractivity contribution in [1.82, 2.24) is 0 Å². The van der Waals surface area contributed by atoms with Crippen LogP contribution in [0.2, 0.25) is 0 Å². The van der Waals surface area contributed by atoms with Gasteiger partial charge in [-0.1, -0.05) is 35.5 Å². The second-order valence-corrected chi connectivity index (χ2v) is 6.17. The molecule has 0 atom stereocenters.